The van der Waals surface area contributed by atoms with Crippen molar-refractivity contribution in [1.82, 2.24) is 20.4 Å². The van der Waals surface area contributed by atoms with Gasteiger partial charge in [0.1, 0.15) is 0 Å². The molecule has 0 unspecified atom stereocenters. The second-order valence-electron chi connectivity index (χ2n) is 5.87. The molecule has 27 heavy (non-hydrogen) atoms. The predicted octanol–water partition coefficient (Wildman–Crippen LogP) is 4.19. The van der Waals surface area contributed by atoms with Gasteiger partial charge in [-0.3, -0.25) is 0 Å². The molecule has 6 heteroatoms. The number of rotatable bonds is 6. The molecule has 0 aliphatic heterocycles. The van der Waals surface area contributed by atoms with Gasteiger partial charge in [-0.25, -0.2) is 9.67 Å². The lowest BCUT2D eigenvalue weighted by Crippen LogP contribution is -2.36. The first-order chi connectivity index (χ1) is 12.8. The highest BCUT2D eigenvalue weighted by molar-refractivity contribution is 8.93. The Bertz CT molecular complexity index is 836. The molecule has 3 aromatic rings. The third kappa shape index (κ3) is 5.44. The van der Waals surface area contributed by atoms with E-state index in [2.05, 4.69) is 54.9 Å². The molecule has 5 nitrogen and oxygen atoms in total. The van der Waals surface area contributed by atoms with E-state index in [1.54, 1.807) is 0 Å². The van der Waals surface area contributed by atoms with Gasteiger partial charge < -0.3 is 10.6 Å². The fraction of sp³-hybridized carbons (Fsp3) is 0.238. The number of hydrogen-bond donors (Lipinski definition) is 2. The van der Waals surface area contributed by atoms with Crippen molar-refractivity contribution in [3.63, 3.8) is 0 Å². The van der Waals surface area contributed by atoms with Gasteiger partial charge in [-0.1, -0.05) is 48.5 Å². The average molecular weight is 428 g/mol. The second-order valence-corrected chi connectivity index (χ2v) is 5.87. The van der Waals surface area contributed by atoms with Crippen LogP contribution in [0.2, 0.25) is 0 Å². The summed E-state index contributed by atoms with van der Waals surface area (Å²) in [5.41, 5.74) is 4.19. The molecule has 0 aliphatic rings. The van der Waals surface area contributed by atoms with Crippen LogP contribution in [0.4, 0.5) is 0 Å². The van der Waals surface area contributed by atoms with Crippen LogP contribution in [0, 0.1) is 0 Å². The highest BCUT2D eigenvalue weighted by atomic mass is 79.9. The highest BCUT2D eigenvalue weighted by Gasteiger charge is 2.12. The zero-order chi connectivity index (χ0) is 18.2. The lowest BCUT2D eigenvalue weighted by atomic mass is 10.1. The smallest absolute Gasteiger partial charge is 0.191 e. The Morgan fingerprint density at radius 3 is 2.11 bits per heavy atom. The van der Waals surface area contributed by atoms with E-state index in [0.29, 0.717) is 6.54 Å². The van der Waals surface area contributed by atoms with Gasteiger partial charge in [-0.15, -0.1) is 17.0 Å². The van der Waals surface area contributed by atoms with Crippen molar-refractivity contribution < 1.29 is 0 Å². The highest BCUT2D eigenvalue weighted by Crippen LogP contribution is 2.24. The Balaban J connectivity index is 0.00000261. The summed E-state index contributed by atoms with van der Waals surface area (Å²) in [5, 5.41) is 11.4. The number of halogens is 1. The minimum atomic E-state index is 0. The number of hydrogen-bond acceptors (Lipinski definition) is 2. The van der Waals surface area contributed by atoms with E-state index in [4.69, 9.17) is 10.1 Å². The summed E-state index contributed by atoms with van der Waals surface area (Å²) in [6, 6.07) is 20.4. The maximum atomic E-state index is 4.83. The molecule has 0 atom stereocenters. The molecule has 142 valence electrons. The third-order valence-corrected chi connectivity index (χ3v) is 3.95. The summed E-state index contributed by atoms with van der Waals surface area (Å²) in [4.78, 5) is 4.71. The van der Waals surface area contributed by atoms with Crippen LogP contribution < -0.4 is 10.6 Å². The van der Waals surface area contributed by atoms with Crippen LogP contribution >= 0.6 is 17.0 Å². The standard InChI is InChI=1S/C21H25N5.BrH/c1-3-22-21(23-4-2)24-15-18-16-26(19-13-9-6-10-14-19)25-20(18)17-11-7-5-8-12-17;/h5-14,16H,3-4,15H2,1-2H3,(H2,22,23,24);1H. The van der Waals surface area contributed by atoms with Crippen molar-refractivity contribution in [2.45, 2.75) is 20.4 Å². The minimum Gasteiger partial charge on any atom is -0.357 e. The molecule has 1 aromatic heterocycles. The first-order valence-corrected chi connectivity index (χ1v) is 9.03. The van der Waals surface area contributed by atoms with E-state index in [1.165, 1.54) is 0 Å². The third-order valence-electron chi connectivity index (χ3n) is 3.95. The zero-order valence-electron chi connectivity index (χ0n) is 15.7. The molecule has 0 radical (unpaired) electrons. The van der Waals surface area contributed by atoms with Gasteiger partial charge in [0.25, 0.3) is 0 Å². The Labute approximate surface area is 171 Å². The lowest BCUT2D eigenvalue weighted by molar-refractivity contribution is 0.839. The summed E-state index contributed by atoms with van der Waals surface area (Å²) < 4.78 is 1.92. The van der Waals surface area contributed by atoms with Crippen molar-refractivity contribution in [1.29, 1.82) is 0 Å². The first-order valence-electron chi connectivity index (χ1n) is 9.03. The topological polar surface area (TPSA) is 54.2 Å². The van der Waals surface area contributed by atoms with Crippen LogP contribution in [-0.4, -0.2) is 28.8 Å². The van der Waals surface area contributed by atoms with Crippen LogP contribution in [-0.2, 0) is 6.54 Å². The van der Waals surface area contributed by atoms with E-state index in [9.17, 15) is 0 Å². The van der Waals surface area contributed by atoms with Crippen LogP contribution in [0.1, 0.15) is 19.4 Å². The van der Waals surface area contributed by atoms with Crippen molar-refractivity contribution in [2.24, 2.45) is 4.99 Å². The van der Waals surface area contributed by atoms with Crippen molar-refractivity contribution >= 4 is 22.9 Å². The SMILES string of the molecule is Br.CCNC(=NCc1cn(-c2ccccc2)nc1-c1ccccc1)NCC. The number of nitrogens with zero attached hydrogens (tertiary/aromatic N) is 3. The summed E-state index contributed by atoms with van der Waals surface area (Å²) in [7, 11) is 0. The van der Waals surface area contributed by atoms with Crippen LogP contribution in [0.25, 0.3) is 16.9 Å². The lowest BCUT2D eigenvalue weighted by Gasteiger charge is -2.09. The Morgan fingerprint density at radius 1 is 0.926 bits per heavy atom. The van der Waals surface area contributed by atoms with Crippen molar-refractivity contribution in [3.05, 3.63) is 72.4 Å². The molecule has 3 rings (SSSR count). The molecule has 0 saturated carbocycles. The maximum Gasteiger partial charge on any atom is 0.191 e. The van der Waals surface area contributed by atoms with Crippen molar-refractivity contribution in [2.75, 3.05) is 13.1 Å². The molecule has 0 fully saturated rings. The second kappa shape index (κ2) is 10.5. The maximum absolute atomic E-state index is 4.83. The van der Waals surface area contributed by atoms with Gasteiger partial charge >= 0.3 is 0 Å². The van der Waals surface area contributed by atoms with E-state index >= 15 is 0 Å². The summed E-state index contributed by atoms with van der Waals surface area (Å²) >= 11 is 0. The molecule has 1 heterocycles. The predicted molar refractivity (Wildman–Crippen MR) is 118 cm³/mol. The summed E-state index contributed by atoms with van der Waals surface area (Å²) in [6.07, 6.45) is 2.07. The van der Waals surface area contributed by atoms with E-state index in [0.717, 1.165) is 41.6 Å². The zero-order valence-corrected chi connectivity index (χ0v) is 17.4. The van der Waals surface area contributed by atoms with E-state index in [1.807, 2.05) is 41.1 Å². The summed E-state index contributed by atoms with van der Waals surface area (Å²) in [6.45, 7) is 6.36. The number of guanidine groups is 1. The Morgan fingerprint density at radius 2 is 1.52 bits per heavy atom. The molecular weight excluding hydrogens is 402 g/mol. The number of aliphatic imine (C=N–C) groups is 1. The van der Waals surface area contributed by atoms with Gasteiger partial charge in [0.15, 0.2) is 5.96 Å². The molecule has 2 aromatic carbocycles. The number of aromatic nitrogens is 2. The molecule has 2 N–H and O–H groups in total. The molecule has 0 spiro atoms. The first kappa shape index (κ1) is 20.7. The van der Waals surface area contributed by atoms with Gasteiger partial charge in [-0.05, 0) is 26.0 Å². The van der Waals surface area contributed by atoms with Gasteiger partial charge in [-0.2, -0.15) is 5.10 Å². The normalized spacial score (nSPS) is 10.0. The molecular formula is C21H26BrN5. The van der Waals surface area contributed by atoms with E-state index < -0.39 is 0 Å². The van der Waals surface area contributed by atoms with Crippen LogP contribution in [0.5, 0.6) is 0 Å². The van der Waals surface area contributed by atoms with Gasteiger partial charge in [0, 0.05) is 30.4 Å². The Kier molecular flexibility index (Phi) is 8.07. The van der Waals surface area contributed by atoms with Crippen LogP contribution in [0.15, 0.2) is 71.9 Å². The molecule has 0 aliphatic carbocycles. The molecule has 0 saturated heterocycles. The minimum absolute atomic E-state index is 0. The largest absolute Gasteiger partial charge is 0.357 e. The fourth-order valence-electron chi connectivity index (χ4n) is 2.75. The number of benzene rings is 2. The Hall–Kier alpha value is -2.60. The fourth-order valence-corrected chi connectivity index (χ4v) is 2.75. The van der Waals surface area contributed by atoms with Gasteiger partial charge in [0.2, 0.25) is 0 Å². The van der Waals surface area contributed by atoms with Crippen molar-refractivity contribution in [3.8, 4) is 16.9 Å². The number of para-hydroxylation sites is 1. The molecule has 0 bridgehead atoms. The number of nitrogens with one attached hydrogen (secondary N) is 2. The molecule has 0 amide bonds. The summed E-state index contributed by atoms with van der Waals surface area (Å²) in [5.74, 6) is 0.821. The monoisotopic (exact) mass is 427 g/mol. The van der Waals surface area contributed by atoms with Gasteiger partial charge in [0.05, 0.1) is 17.9 Å². The van der Waals surface area contributed by atoms with Crippen LogP contribution in [0.3, 0.4) is 0 Å². The quantitative estimate of drug-likeness (QED) is 0.457. The average Bonchev–Trinajstić information content (AvgIpc) is 3.12. The van der Waals surface area contributed by atoms with E-state index in [-0.39, 0.29) is 17.0 Å².